The maximum atomic E-state index is 13.4. The van der Waals surface area contributed by atoms with Gasteiger partial charge in [0.1, 0.15) is 0 Å². The van der Waals surface area contributed by atoms with Crippen LogP contribution in [0.3, 0.4) is 0 Å². The van der Waals surface area contributed by atoms with E-state index < -0.39 is 12.4 Å². The number of hydrogen-bond acceptors (Lipinski definition) is 5. The Bertz CT molecular complexity index is 1300. The minimum atomic E-state index is -2.56. The monoisotopic (exact) mass is 463 g/mol. The van der Waals surface area contributed by atoms with E-state index in [9.17, 15) is 13.6 Å². The van der Waals surface area contributed by atoms with Crippen molar-refractivity contribution in [3.05, 3.63) is 83.4 Å². The molecule has 6 nitrogen and oxygen atoms in total. The number of aromatic nitrogens is 2. The molecule has 0 aliphatic heterocycles. The first kappa shape index (κ1) is 23.3. The number of hydrogen-bond donors (Lipinski definition) is 2. The van der Waals surface area contributed by atoms with Gasteiger partial charge >= 0.3 is 5.97 Å². The van der Waals surface area contributed by atoms with Crippen molar-refractivity contribution in [2.45, 2.75) is 26.3 Å². The number of benzene rings is 3. The number of alkyl halides is 2. The summed E-state index contributed by atoms with van der Waals surface area (Å²) in [5, 5.41) is 15.8. The lowest BCUT2D eigenvalue weighted by Gasteiger charge is -2.12. The number of halogens is 2. The molecule has 0 radical (unpaired) electrons. The number of carbonyl (C=O) groups is 1. The maximum absolute atomic E-state index is 13.4. The standard InChI is InChI=1S/C26H23F2N3O3/c1-15-13-19(11-12-20(15)21-5-3-4-6-22(21)24(27)28)26-30-25(31-34-26)18-9-7-17(8-10-18)16(2)29-14-23(32)33/h3-13,16,24,29H,14H2,1-2H3,(H,32,33)/t16-/m1/s1. The number of aryl methyl sites for hydroxylation is 1. The van der Waals surface area contributed by atoms with E-state index in [4.69, 9.17) is 9.63 Å². The highest BCUT2D eigenvalue weighted by Crippen LogP contribution is 2.34. The molecule has 1 atom stereocenters. The Morgan fingerprint density at radius 1 is 1.03 bits per heavy atom. The van der Waals surface area contributed by atoms with E-state index in [-0.39, 0.29) is 18.2 Å². The van der Waals surface area contributed by atoms with E-state index in [1.807, 2.05) is 44.2 Å². The lowest BCUT2D eigenvalue weighted by Crippen LogP contribution is -2.25. The lowest BCUT2D eigenvalue weighted by molar-refractivity contribution is -0.136. The molecule has 0 aliphatic rings. The molecule has 1 heterocycles. The van der Waals surface area contributed by atoms with Crippen molar-refractivity contribution in [2.75, 3.05) is 6.54 Å². The summed E-state index contributed by atoms with van der Waals surface area (Å²) in [6.45, 7) is 3.62. The van der Waals surface area contributed by atoms with Crippen molar-refractivity contribution in [3.8, 4) is 34.0 Å². The van der Waals surface area contributed by atoms with Gasteiger partial charge in [-0.15, -0.1) is 0 Å². The molecule has 4 rings (SSSR count). The topological polar surface area (TPSA) is 88.2 Å². The molecule has 3 aromatic carbocycles. The van der Waals surface area contributed by atoms with Crippen LogP contribution in [-0.4, -0.2) is 27.8 Å². The summed E-state index contributed by atoms with van der Waals surface area (Å²) in [7, 11) is 0. The van der Waals surface area contributed by atoms with Crippen molar-refractivity contribution >= 4 is 5.97 Å². The van der Waals surface area contributed by atoms with Crippen LogP contribution >= 0.6 is 0 Å². The first-order valence-electron chi connectivity index (χ1n) is 10.7. The first-order valence-corrected chi connectivity index (χ1v) is 10.7. The van der Waals surface area contributed by atoms with Gasteiger partial charge in [-0.25, -0.2) is 8.78 Å². The van der Waals surface area contributed by atoms with Crippen LogP contribution in [0.15, 0.2) is 71.3 Å². The van der Waals surface area contributed by atoms with Crippen molar-refractivity contribution in [1.29, 1.82) is 0 Å². The van der Waals surface area contributed by atoms with Gasteiger partial charge in [0.05, 0.1) is 6.54 Å². The highest BCUT2D eigenvalue weighted by atomic mass is 19.3. The van der Waals surface area contributed by atoms with Gasteiger partial charge in [-0.1, -0.05) is 59.8 Å². The number of rotatable bonds is 8. The molecule has 174 valence electrons. The minimum Gasteiger partial charge on any atom is -0.480 e. The van der Waals surface area contributed by atoms with E-state index in [1.54, 1.807) is 30.3 Å². The van der Waals surface area contributed by atoms with Gasteiger partial charge in [-0.3, -0.25) is 4.79 Å². The van der Waals surface area contributed by atoms with Gasteiger partial charge in [0.25, 0.3) is 12.3 Å². The second-order valence-electron chi connectivity index (χ2n) is 7.96. The van der Waals surface area contributed by atoms with Crippen LogP contribution in [-0.2, 0) is 4.79 Å². The average Bonchev–Trinajstić information content (AvgIpc) is 3.33. The predicted octanol–water partition coefficient (Wildman–Crippen LogP) is 6.05. The zero-order valence-corrected chi connectivity index (χ0v) is 18.6. The zero-order valence-electron chi connectivity index (χ0n) is 18.6. The molecule has 0 amide bonds. The molecule has 34 heavy (non-hydrogen) atoms. The van der Waals surface area contributed by atoms with Crippen LogP contribution in [0.1, 0.15) is 36.1 Å². The summed E-state index contributed by atoms with van der Waals surface area (Å²) in [6.07, 6.45) is -2.56. The van der Waals surface area contributed by atoms with Crippen molar-refractivity contribution < 1.29 is 23.2 Å². The Hall–Kier alpha value is -3.91. The van der Waals surface area contributed by atoms with Crippen molar-refractivity contribution in [2.24, 2.45) is 0 Å². The minimum absolute atomic E-state index is 0.00523. The van der Waals surface area contributed by atoms with E-state index in [0.29, 0.717) is 22.8 Å². The Balaban J connectivity index is 1.55. The number of carboxylic acid groups (broad SMARTS) is 1. The molecule has 1 aromatic heterocycles. The Kier molecular flexibility index (Phi) is 6.79. The van der Waals surface area contributed by atoms with Crippen LogP contribution in [0.25, 0.3) is 34.0 Å². The summed E-state index contributed by atoms with van der Waals surface area (Å²) in [5.74, 6) is -0.172. The number of carboxylic acids is 1. The van der Waals surface area contributed by atoms with Crippen LogP contribution in [0.2, 0.25) is 0 Å². The highest BCUT2D eigenvalue weighted by molar-refractivity contribution is 5.74. The van der Waals surface area contributed by atoms with E-state index in [1.165, 1.54) is 6.07 Å². The maximum Gasteiger partial charge on any atom is 0.317 e. The Morgan fingerprint density at radius 3 is 2.41 bits per heavy atom. The second kappa shape index (κ2) is 9.93. The smallest absolute Gasteiger partial charge is 0.317 e. The van der Waals surface area contributed by atoms with E-state index >= 15 is 0 Å². The summed E-state index contributed by atoms with van der Waals surface area (Å²) in [6, 6.07) is 19.2. The number of nitrogens with one attached hydrogen (secondary N) is 1. The molecule has 0 aliphatic carbocycles. The fourth-order valence-electron chi connectivity index (χ4n) is 3.77. The van der Waals surface area contributed by atoms with Crippen LogP contribution in [0, 0.1) is 6.92 Å². The number of nitrogens with zero attached hydrogens (tertiary/aromatic N) is 2. The molecular weight excluding hydrogens is 440 g/mol. The molecule has 0 saturated carbocycles. The molecule has 2 N–H and O–H groups in total. The van der Waals surface area contributed by atoms with Crippen LogP contribution in [0.5, 0.6) is 0 Å². The summed E-state index contributed by atoms with van der Waals surface area (Å²) in [4.78, 5) is 15.2. The van der Waals surface area contributed by atoms with Gasteiger partial charge in [-0.2, -0.15) is 4.98 Å². The SMILES string of the molecule is Cc1cc(-c2nc(-c3ccc([C@@H](C)NCC(=O)O)cc3)no2)ccc1-c1ccccc1C(F)F. The third-order valence-electron chi connectivity index (χ3n) is 5.61. The molecular formula is C26H23F2N3O3. The largest absolute Gasteiger partial charge is 0.480 e. The highest BCUT2D eigenvalue weighted by Gasteiger charge is 2.17. The molecule has 0 fully saturated rings. The van der Waals surface area contributed by atoms with Gasteiger partial charge in [0.2, 0.25) is 5.82 Å². The fourth-order valence-corrected chi connectivity index (χ4v) is 3.77. The van der Waals surface area contributed by atoms with Crippen LogP contribution < -0.4 is 5.32 Å². The summed E-state index contributed by atoms with van der Waals surface area (Å²) >= 11 is 0. The Morgan fingerprint density at radius 2 is 1.74 bits per heavy atom. The quantitative estimate of drug-likeness (QED) is 0.331. The third kappa shape index (κ3) is 5.02. The molecule has 0 unspecified atom stereocenters. The normalized spacial score (nSPS) is 12.1. The average molecular weight is 463 g/mol. The molecule has 8 heteroatoms. The predicted molar refractivity (Wildman–Crippen MR) is 124 cm³/mol. The third-order valence-corrected chi connectivity index (χ3v) is 5.61. The second-order valence-corrected chi connectivity index (χ2v) is 7.96. The van der Waals surface area contributed by atoms with Crippen molar-refractivity contribution in [1.82, 2.24) is 15.5 Å². The van der Waals surface area contributed by atoms with E-state index in [0.717, 1.165) is 22.3 Å². The van der Waals surface area contributed by atoms with Gasteiger partial charge in [0.15, 0.2) is 0 Å². The number of aliphatic carboxylic acids is 1. The lowest BCUT2D eigenvalue weighted by atomic mass is 9.94. The summed E-state index contributed by atoms with van der Waals surface area (Å²) < 4.78 is 32.3. The zero-order chi connectivity index (χ0) is 24.2. The van der Waals surface area contributed by atoms with Gasteiger partial charge in [0, 0.05) is 22.7 Å². The van der Waals surface area contributed by atoms with Crippen molar-refractivity contribution in [3.63, 3.8) is 0 Å². The van der Waals surface area contributed by atoms with E-state index in [2.05, 4.69) is 15.5 Å². The first-order chi connectivity index (χ1) is 16.3. The molecule has 0 bridgehead atoms. The molecule has 0 spiro atoms. The fraction of sp³-hybridized carbons (Fsp3) is 0.192. The summed E-state index contributed by atoms with van der Waals surface area (Å²) in [5.41, 5.74) is 4.41. The van der Waals surface area contributed by atoms with Crippen LogP contribution in [0.4, 0.5) is 8.78 Å². The Labute approximate surface area is 195 Å². The van der Waals surface area contributed by atoms with Gasteiger partial charge in [-0.05, 0) is 48.2 Å². The molecule has 0 saturated heterocycles. The van der Waals surface area contributed by atoms with Gasteiger partial charge < -0.3 is 14.9 Å². The molecule has 4 aromatic rings.